The van der Waals surface area contributed by atoms with Gasteiger partial charge >= 0.3 is 0 Å². The third kappa shape index (κ3) is 6.02. The fraction of sp³-hybridized carbons (Fsp3) is 0.667. The highest BCUT2D eigenvalue weighted by Crippen LogP contribution is 2.41. The summed E-state index contributed by atoms with van der Waals surface area (Å²) >= 11 is 0. The highest BCUT2D eigenvalue weighted by Gasteiger charge is 2.42. The van der Waals surface area contributed by atoms with Gasteiger partial charge in [-0.3, -0.25) is 0 Å². The van der Waals surface area contributed by atoms with Gasteiger partial charge < -0.3 is 0 Å². The Bertz CT molecular complexity index is 366. The molecule has 0 saturated heterocycles. The first-order chi connectivity index (χ1) is 9.23. The van der Waals surface area contributed by atoms with Crippen LogP contribution in [0.25, 0.3) is 0 Å². The van der Waals surface area contributed by atoms with Crippen LogP contribution in [0.15, 0.2) is 18.2 Å². The maximum absolute atomic E-state index is 11.8. The Balaban J connectivity index is 0.000000345. The molecule has 0 amide bonds. The number of aryl methyl sites for hydroxylation is 2. The van der Waals surface area contributed by atoms with E-state index in [9.17, 15) is 8.78 Å². The molecule has 1 aliphatic rings. The van der Waals surface area contributed by atoms with Gasteiger partial charge in [0.25, 0.3) is 0 Å². The molecule has 20 heavy (non-hydrogen) atoms. The molecule has 1 aromatic rings. The van der Waals surface area contributed by atoms with Crippen LogP contribution in [0.4, 0.5) is 8.78 Å². The third-order valence-corrected chi connectivity index (χ3v) is 3.41. The molecule has 0 unspecified atom stereocenters. The summed E-state index contributed by atoms with van der Waals surface area (Å²) in [5, 5.41) is 0. The van der Waals surface area contributed by atoms with Crippen molar-refractivity contribution < 1.29 is 8.78 Å². The van der Waals surface area contributed by atoms with E-state index in [4.69, 9.17) is 0 Å². The molecule has 0 aromatic heterocycles. The molecule has 0 radical (unpaired) electrons. The number of alkyl halides is 2. The minimum Gasteiger partial charge on any atom is -0.207 e. The smallest absolute Gasteiger partial charge is 0.207 e. The summed E-state index contributed by atoms with van der Waals surface area (Å²) in [4.78, 5) is 0. The lowest BCUT2D eigenvalue weighted by Gasteiger charge is -2.31. The predicted molar refractivity (Wildman–Crippen MR) is 84.7 cm³/mol. The normalized spacial score (nSPS) is 16.5. The molecule has 116 valence electrons. The zero-order chi connectivity index (χ0) is 15.9. The second-order valence-electron chi connectivity index (χ2n) is 5.83. The fourth-order valence-electron chi connectivity index (χ4n) is 2.70. The van der Waals surface area contributed by atoms with Crippen molar-refractivity contribution in [3.8, 4) is 0 Å². The zero-order valence-electron chi connectivity index (χ0n) is 14.1. The summed E-state index contributed by atoms with van der Waals surface area (Å²) in [5.74, 6) is -1.40. The first-order valence-electron chi connectivity index (χ1n) is 7.67. The minimum atomic E-state index is -2.31. The minimum absolute atomic E-state index is 0.104. The predicted octanol–water partition coefficient (Wildman–Crippen LogP) is 6.50. The van der Waals surface area contributed by atoms with Crippen LogP contribution in [0.1, 0.15) is 70.1 Å². The highest BCUT2D eigenvalue weighted by molar-refractivity contribution is 5.35. The quantitative estimate of drug-likeness (QED) is 0.552. The maximum atomic E-state index is 11.8. The lowest BCUT2D eigenvalue weighted by molar-refractivity contribution is -0.104. The van der Waals surface area contributed by atoms with Crippen molar-refractivity contribution in [3.63, 3.8) is 0 Å². The average Bonchev–Trinajstić information content (AvgIpc) is 2.29. The van der Waals surface area contributed by atoms with Crippen LogP contribution in [-0.4, -0.2) is 5.92 Å². The number of hydrogen-bond donors (Lipinski definition) is 0. The van der Waals surface area contributed by atoms with Gasteiger partial charge in [-0.15, -0.1) is 0 Å². The summed E-state index contributed by atoms with van der Waals surface area (Å²) in [5.41, 5.74) is 4.34. The number of halogens is 2. The Kier molecular flexibility index (Phi) is 8.00. The van der Waals surface area contributed by atoms with Crippen LogP contribution < -0.4 is 0 Å². The number of benzene rings is 1. The SMILES string of the molecule is CC.CC1CC(F)(F)C1.Cc1cccc(C)c1C(C)C. The third-order valence-electron chi connectivity index (χ3n) is 3.41. The van der Waals surface area contributed by atoms with Crippen molar-refractivity contribution in [3.05, 3.63) is 34.9 Å². The Labute approximate surface area is 123 Å². The molecular weight excluding hydrogens is 254 g/mol. The molecule has 1 aromatic carbocycles. The molecule has 0 bridgehead atoms. The summed E-state index contributed by atoms with van der Waals surface area (Å²) in [6.45, 7) is 14.7. The molecule has 2 rings (SSSR count). The summed E-state index contributed by atoms with van der Waals surface area (Å²) in [6, 6.07) is 6.49. The van der Waals surface area contributed by atoms with E-state index in [0.717, 1.165) is 0 Å². The average molecular weight is 284 g/mol. The lowest BCUT2D eigenvalue weighted by Crippen LogP contribution is -2.33. The van der Waals surface area contributed by atoms with Crippen LogP contribution in [0.2, 0.25) is 0 Å². The maximum Gasteiger partial charge on any atom is 0.248 e. The Morgan fingerprint density at radius 3 is 1.60 bits per heavy atom. The van der Waals surface area contributed by atoms with Gasteiger partial charge in [0.05, 0.1) is 0 Å². The van der Waals surface area contributed by atoms with Crippen molar-refractivity contribution in [2.24, 2.45) is 5.92 Å². The van der Waals surface area contributed by atoms with Gasteiger partial charge in [-0.1, -0.05) is 52.8 Å². The van der Waals surface area contributed by atoms with Gasteiger partial charge in [-0.05, 0) is 42.4 Å². The van der Waals surface area contributed by atoms with E-state index in [2.05, 4.69) is 45.9 Å². The largest absolute Gasteiger partial charge is 0.248 e. The second-order valence-corrected chi connectivity index (χ2v) is 5.83. The number of rotatable bonds is 1. The lowest BCUT2D eigenvalue weighted by atomic mass is 9.83. The molecule has 0 N–H and O–H groups in total. The van der Waals surface area contributed by atoms with E-state index in [1.54, 1.807) is 0 Å². The molecule has 1 aliphatic carbocycles. The molecule has 0 nitrogen and oxygen atoms in total. The molecule has 1 saturated carbocycles. The van der Waals surface area contributed by atoms with E-state index in [-0.39, 0.29) is 18.8 Å². The Morgan fingerprint density at radius 2 is 1.45 bits per heavy atom. The van der Waals surface area contributed by atoms with Crippen molar-refractivity contribution in [1.29, 1.82) is 0 Å². The van der Waals surface area contributed by atoms with Crippen LogP contribution in [0, 0.1) is 19.8 Å². The summed E-state index contributed by atoms with van der Waals surface area (Å²) < 4.78 is 23.6. The Hall–Kier alpha value is -0.920. The first-order valence-corrected chi connectivity index (χ1v) is 7.67. The molecule has 0 atom stereocenters. The van der Waals surface area contributed by atoms with Gasteiger partial charge in [0.2, 0.25) is 5.92 Å². The summed E-state index contributed by atoms with van der Waals surface area (Å²) in [6.07, 6.45) is 0.208. The van der Waals surface area contributed by atoms with Gasteiger partial charge in [0.1, 0.15) is 0 Å². The highest BCUT2D eigenvalue weighted by atomic mass is 19.3. The van der Waals surface area contributed by atoms with Gasteiger partial charge in [0.15, 0.2) is 0 Å². The van der Waals surface area contributed by atoms with Crippen LogP contribution in [-0.2, 0) is 0 Å². The fourth-order valence-corrected chi connectivity index (χ4v) is 2.70. The topological polar surface area (TPSA) is 0 Å². The van der Waals surface area contributed by atoms with Gasteiger partial charge in [-0.2, -0.15) is 0 Å². The van der Waals surface area contributed by atoms with E-state index >= 15 is 0 Å². The van der Waals surface area contributed by atoms with Crippen LogP contribution in [0.3, 0.4) is 0 Å². The molecule has 2 heteroatoms. The number of hydrogen-bond acceptors (Lipinski definition) is 0. The monoisotopic (exact) mass is 284 g/mol. The van der Waals surface area contributed by atoms with Crippen LogP contribution in [0.5, 0.6) is 0 Å². The standard InChI is InChI=1S/C11H16.C5H8F2.C2H6/c1-8(2)11-9(3)6-5-7-10(11)4;1-4-2-5(6,7)3-4;1-2/h5-8H,1-4H3;4H,2-3H2,1H3;1-2H3. The van der Waals surface area contributed by atoms with Crippen molar-refractivity contribution in [1.82, 2.24) is 0 Å². The first kappa shape index (κ1) is 19.1. The van der Waals surface area contributed by atoms with E-state index in [0.29, 0.717) is 5.92 Å². The molecule has 0 heterocycles. The van der Waals surface area contributed by atoms with E-state index in [1.807, 2.05) is 20.8 Å². The Morgan fingerprint density at radius 1 is 1.05 bits per heavy atom. The van der Waals surface area contributed by atoms with E-state index < -0.39 is 5.92 Å². The molecule has 0 spiro atoms. The second kappa shape index (κ2) is 8.39. The van der Waals surface area contributed by atoms with Gasteiger partial charge in [-0.25, -0.2) is 8.78 Å². The molecule has 0 aliphatic heterocycles. The molecular formula is C18H30F2. The summed E-state index contributed by atoms with van der Waals surface area (Å²) in [7, 11) is 0. The van der Waals surface area contributed by atoms with Crippen molar-refractivity contribution >= 4 is 0 Å². The van der Waals surface area contributed by atoms with E-state index in [1.165, 1.54) is 16.7 Å². The van der Waals surface area contributed by atoms with Crippen LogP contribution >= 0.6 is 0 Å². The van der Waals surface area contributed by atoms with Crippen molar-refractivity contribution in [2.45, 2.75) is 73.1 Å². The van der Waals surface area contributed by atoms with Crippen molar-refractivity contribution in [2.75, 3.05) is 0 Å². The zero-order valence-corrected chi connectivity index (χ0v) is 14.1. The van der Waals surface area contributed by atoms with Gasteiger partial charge in [0, 0.05) is 12.8 Å². The molecule has 1 fully saturated rings.